The van der Waals surface area contributed by atoms with E-state index in [9.17, 15) is 4.79 Å². The number of benzene rings is 2. The maximum atomic E-state index is 12.8. The van der Waals surface area contributed by atoms with Gasteiger partial charge in [-0.3, -0.25) is 9.69 Å². The Hall–Kier alpha value is -2.37. The minimum Gasteiger partial charge on any atom is -0.490 e. The molecule has 0 unspecified atom stereocenters. The second-order valence-corrected chi connectivity index (χ2v) is 7.63. The van der Waals surface area contributed by atoms with Gasteiger partial charge in [0.25, 0.3) is 5.91 Å². The van der Waals surface area contributed by atoms with Crippen LogP contribution in [-0.2, 0) is 4.79 Å². The van der Waals surface area contributed by atoms with E-state index in [-0.39, 0.29) is 5.91 Å². The number of rotatable bonds is 5. The van der Waals surface area contributed by atoms with Crippen LogP contribution in [0.1, 0.15) is 16.7 Å². The molecule has 3 rings (SSSR count). The molecule has 0 atom stereocenters. The van der Waals surface area contributed by atoms with Crippen LogP contribution >= 0.6 is 24.0 Å². The number of hydrogen-bond acceptors (Lipinski definition) is 4. The molecule has 2 aromatic rings. The highest BCUT2D eigenvalue weighted by atomic mass is 32.2. The largest absolute Gasteiger partial charge is 0.490 e. The third-order valence-corrected chi connectivity index (χ3v) is 5.39. The molecule has 1 saturated heterocycles. The van der Waals surface area contributed by atoms with E-state index in [1.165, 1.54) is 17.3 Å². The molecular weight excluding hydrogens is 362 g/mol. The Bertz CT molecular complexity index is 901. The third-order valence-electron chi connectivity index (χ3n) is 4.09. The van der Waals surface area contributed by atoms with Gasteiger partial charge in [-0.2, -0.15) is 0 Å². The summed E-state index contributed by atoms with van der Waals surface area (Å²) in [7, 11) is 0. The van der Waals surface area contributed by atoms with Crippen LogP contribution in [0.3, 0.4) is 0 Å². The number of thiocarbonyl (C=S) groups is 1. The lowest BCUT2D eigenvalue weighted by Gasteiger charge is -2.15. The van der Waals surface area contributed by atoms with Gasteiger partial charge < -0.3 is 4.74 Å². The monoisotopic (exact) mass is 381 g/mol. The lowest BCUT2D eigenvalue weighted by atomic mass is 10.1. The molecule has 0 bridgehead atoms. The van der Waals surface area contributed by atoms with Gasteiger partial charge in [0, 0.05) is 0 Å². The Morgan fingerprint density at radius 3 is 2.54 bits per heavy atom. The summed E-state index contributed by atoms with van der Waals surface area (Å²) in [6.07, 6.45) is 3.56. The smallest absolute Gasteiger partial charge is 0.270 e. The van der Waals surface area contributed by atoms with Crippen LogP contribution in [0.2, 0.25) is 0 Å². The van der Waals surface area contributed by atoms with Gasteiger partial charge in [-0.15, -0.1) is 0 Å². The van der Waals surface area contributed by atoms with Crippen LogP contribution in [-0.4, -0.2) is 16.8 Å². The highest BCUT2D eigenvalue weighted by Crippen LogP contribution is 2.36. The second-order valence-electron chi connectivity index (χ2n) is 5.95. The highest BCUT2D eigenvalue weighted by molar-refractivity contribution is 8.27. The first kappa shape index (κ1) is 18.4. The van der Waals surface area contributed by atoms with Gasteiger partial charge in [0.15, 0.2) is 4.32 Å². The quantitative estimate of drug-likeness (QED) is 0.401. The summed E-state index contributed by atoms with van der Waals surface area (Å²) < 4.78 is 6.03. The minimum absolute atomic E-state index is 0.0877. The summed E-state index contributed by atoms with van der Waals surface area (Å²) in [5.74, 6) is 0.681. The molecule has 3 nitrogen and oxygen atoms in total. The van der Waals surface area contributed by atoms with E-state index >= 15 is 0 Å². The second kappa shape index (κ2) is 7.89. The number of amides is 1. The molecule has 0 aliphatic carbocycles. The molecule has 1 fully saturated rings. The summed E-state index contributed by atoms with van der Waals surface area (Å²) in [5.41, 5.74) is 4.06. The Balaban J connectivity index is 1.82. The number of carbonyl (C=O) groups is 1. The molecule has 0 spiro atoms. The first-order chi connectivity index (χ1) is 12.5. The summed E-state index contributed by atoms with van der Waals surface area (Å²) in [4.78, 5) is 15.1. The molecule has 1 aliphatic rings. The average Bonchev–Trinajstić information content (AvgIpc) is 2.90. The van der Waals surface area contributed by atoms with Gasteiger partial charge in [-0.25, -0.2) is 0 Å². The summed E-state index contributed by atoms with van der Waals surface area (Å²) in [6, 6.07) is 13.5. The third kappa shape index (κ3) is 3.89. The van der Waals surface area contributed by atoms with Gasteiger partial charge in [0.1, 0.15) is 12.4 Å². The van der Waals surface area contributed by atoms with E-state index in [4.69, 9.17) is 17.0 Å². The van der Waals surface area contributed by atoms with Crippen LogP contribution in [0.15, 0.2) is 60.0 Å². The number of aryl methyl sites for hydroxylation is 2. The molecule has 0 aromatic heterocycles. The Morgan fingerprint density at radius 1 is 1.15 bits per heavy atom. The van der Waals surface area contributed by atoms with Crippen molar-refractivity contribution >= 4 is 46.0 Å². The van der Waals surface area contributed by atoms with Crippen molar-refractivity contribution in [2.24, 2.45) is 0 Å². The Labute approximate surface area is 163 Å². The topological polar surface area (TPSA) is 29.5 Å². The van der Waals surface area contributed by atoms with Crippen molar-refractivity contribution in [2.75, 3.05) is 11.5 Å². The summed E-state index contributed by atoms with van der Waals surface area (Å²) in [5, 5.41) is 0. The van der Waals surface area contributed by atoms with E-state index in [1.54, 1.807) is 11.0 Å². The van der Waals surface area contributed by atoms with Gasteiger partial charge in [0.2, 0.25) is 0 Å². The van der Waals surface area contributed by atoms with Gasteiger partial charge in [0.05, 0.1) is 10.6 Å². The van der Waals surface area contributed by atoms with Gasteiger partial charge in [-0.05, 0) is 60.9 Å². The van der Waals surface area contributed by atoms with E-state index in [2.05, 4.69) is 6.58 Å². The average molecular weight is 382 g/mol. The molecule has 2 aromatic carbocycles. The normalized spacial score (nSPS) is 15.6. The highest BCUT2D eigenvalue weighted by Gasteiger charge is 2.33. The molecule has 0 saturated carbocycles. The zero-order chi connectivity index (χ0) is 18.7. The van der Waals surface area contributed by atoms with Gasteiger partial charge >= 0.3 is 0 Å². The molecule has 1 amide bonds. The molecule has 132 valence electrons. The number of ether oxygens (including phenoxy) is 1. The van der Waals surface area contributed by atoms with Crippen LogP contribution < -0.4 is 9.64 Å². The fourth-order valence-corrected chi connectivity index (χ4v) is 3.82. The van der Waals surface area contributed by atoms with Crippen molar-refractivity contribution in [3.05, 3.63) is 76.7 Å². The Kier molecular flexibility index (Phi) is 5.59. The van der Waals surface area contributed by atoms with Crippen molar-refractivity contribution in [2.45, 2.75) is 13.8 Å². The fourth-order valence-electron chi connectivity index (χ4n) is 2.52. The van der Waals surface area contributed by atoms with E-state index in [0.717, 1.165) is 22.6 Å². The number of carbonyl (C=O) groups excluding carboxylic acids is 1. The lowest BCUT2D eigenvalue weighted by molar-refractivity contribution is -0.113. The van der Waals surface area contributed by atoms with Crippen molar-refractivity contribution in [1.29, 1.82) is 0 Å². The van der Waals surface area contributed by atoms with Crippen molar-refractivity contribution in [1.82, 2.24) is 0 Å². The zero-order valence-corrected chi connectivity index (χ0v) is 16.3. The predicted octanol–water partition coefficient (Wildman–Crippen LogP) is 5.27. The molecule has 1 heterocycles. The number of thioether (sulfide) groups is 1. The van der Waals surface area contributed by atoms with Crippen molar-refractivity contribution in [3.8, 4) is 5.75 Å². The van der Waals surface area contributed by atoms with Crippen LogP contribution in [0.5, 0.6) is 5.75 Å². The summed E-state index contributed by atoms with van der Waals surface area (Å²) in [6.45, 7) is 8.17. The van der Waals surface area contributed by atoms with Crippen LogP contribution in [0, 0.1) is 13.8 Å². The molecular formula is C21H19NO2S2. The predicted molar refractivity (Wildman–Crippen MR) is 114 cm³/mol. The molecule has 0 radical (unpaired) electrons. The van der Waals surface area contributed by atoms with Crippen molar-refractivity contribution in [3.63, 3.8) is 0 Å². The van der Waals surface area contributed by atoms with E-state index in [1.807, 2.05) is 62.4 Å². The molecule has 5 heteroatoms. The maximum absolute atomic E-state index is 12.8. The molecule has 0 N–H and O–H groups in total. The number of hydrogen-bond donors (Lipinski definition) is 0. The fraction of sp³-hybridized carbons (Fsp3) is 0.143. The SMILES string of the molecule is C=CCOc1ccc(/C=C2\SC(=S)N(c3ccc(C)c(C)c3)C2=O)cc1. The number of anilines is 1. The molecule has 26 heavy (non-hydrogen) atoms. The Morgan fingerprint density at radius 2 is 1.88 bits per heavy atom. The van der Waals surface area contributed by atoms with Gasteiger partial charge in [-0.1, -0.05) is 54.8 Å². The standard InChI is InChI=1S/C21H19NO2S2/c1-4-11-24-18-9-6-16(7-10-18)13-19-20(23)22(21(25)26-19)17-8-5-14(2)15(3)12-17/h4-10,12-13H,1,11H2,2-3H3/b19-13-. The van der Waals surface area contributed by atoms with Crippen LogP contribution in [0.4, 0.5) is 5.69 Å². The van der Waals surface area contributed by atoms with E-state index in [0.29, 0.717) is 15.8 Å². The van der Waals surface area contributed by atoms with Crippen LogP contribution in [0.25, 0.3) is 6.08 Å². The first-order valence-corrected chi connectivity index (χ1v) is 9.41. The first-order valence-electron chi connectivity index (χ1n) is 8.18. The lowest BCUT2D eigenvalue weighted by Crippen LogP contribution is -2.27. The van der Waals surface area contributed by atoms with Crippen molar-refractivity contribution < 1.29 is 9.53 Å². The number of nitrogens with zero attached hydrogens (tertiary/aromatic N) is 1. The molecule has 1 aliphatic heterocycles. The maximum Gasteiger partial charge on any atom is 0.270 e. The minimum atomic E-state index is -0.0877. The zero-order valence-electron chi connectivity index (χ0n) is 14.7. The summed E-state index contributed by atoms with van der Waals surface area (Å²) >= 11 is 6.76. The van der Waals surface area contributed by atoms with E-state index < -0.39 is 0 Å².